The molecule has 2 amide bonds. The molecule has 33 heavy (non-hydrogen) atoms. The quantitative estimate of drug-likeness (QED) is 0.655. The monoisotopic (exact) mass is 465 g/mol. The van der Waals surface area contributed by atoms with Crippen LogP contribution < -0.4 is 5.32 Å². The van der Waals surface area contributed by atoms with Gasteiger partial charge >= 0.3 is 0 Å². The predicted octanol–water partition coefficient (Wildman–Crippen LogP) is 4.59. The maximum absolute atomic E-state index is 13.4. The van der Waals surface area contributed by atoms with Crippen molar-refractivity contribution in [3.8, 4) is 0 Å². The van der Waals surface area contributed by atoms with Gasteiger partial charge in [-0.2, -0.15) is 5.10 Å². The predicted molar refractivity (Wildman–Crippen MR) is 134 cm³/mol. The SMILES string of the molecule is Cc1ccc(NC(=O)CSC2=N/C(=C/c3cn(C)nc3C)C(=O)N2C2CCCCC2)c(C)c1. The number of aromatic nitrogens is 2. The van der Waals surface area contributed by atoms with Crippen molar-refractivity contribution in [3.63, 3.8) is 0 Å². The molecule has 1 aliphatic heterocycles. The second kappa shape index (κ2) is 9.95. The highest BCUT2D eigenvalue weighted by molar-refractivity contribution is 8.14. The molecule has 0 bridgehead atoms. The van der Waals surface area contributed by atoms with E-state index in [0.29, 0.717) is 10.9 Å². The van der Waals surface area contributed by atoms with Crippen LogP contribution in [0.25, 0.3) is 6.08 Å². The minimum atomic E-state index is -0.105. The van der Waals surface area contributed by atoms with Gasteiger partial charge in [0.25, 0.3) is 5.91 Å². The Labute approximate surface area is 199 Å². The highest BCUT2D eigenvalue weighted by atomic mass is 32.2. The lowest BCUT2D eigenvalue weighted by Crippen LogP contribution is -2.41. The summed E-state index contributed by atoms with van der Waals surface area (Å²) in [6, 6.07) is 6.10. The van der Waals surface area contributed by atoms with Crippen molar-refractivity contribution in [1.82, 2.24) is 14.7 Å². The molecule has 1 N–H and O–H groups in total. The third-order valence-electron chi connectivity index (χ3n) is 6.13. The molecule has 2 aromatic rings. The van der Waals surface area contributed by atoms with Crippen LogP contribution in [0.15, 0.2) is 35.1 Å². The Bertz CT molecular complexity index is 1130. The minimum Gasteiger partial charge on any atom is -0.325 e. The minimum absolute atomic E-state index is 0.0811. The van der Waals surface area contributed by atoms with Crippen LogP contribution >= 0.6 is 11.8 Å². The molecular formula is C25H31N5O2S. The van der Waals surface area contributed by atoms with E-state index in [1.54, 1.807) is 4.68 Å². The number of aryl methyl sites for hydroxylation is 4. The zero-order chi connectivity index (χ0) is 23.5. The Kier molecular flexibility index (Phi) is 7.02. The number of carbonyl (C=O) groups is 2. The number of hydrogen-bond acceptors (Lipinski definition) is 5. The number of rotatable bonds is 5. The molecule has 4 rings (SSSR count). The van der Waals surface area contributed by atoms with Crippen LogP contribution in [0.3, 0.4) is 0 Å². The van der Waals surface area contributed by atoms with Gasteiger partial charge in [-0.25, -0.2) is 4.99 Å². The first-order valence-electron chi connectivity index (χ1n) is 11.5. The van der Waals surface area contributed by atoms with Gasteiger partial charge in [-0.1, -0.05) is 48.7 Å². The fourth-order valence-corrected chi connectivity index (χ4v) is 5.32. The molecule has 2 aliphatic rings. The van der Waals surface area contributed by atoms with Crippen molar-refractivity contribution in [2.45, 2.75) is 58.9 Å². The second-order valence-corrected chi connectivity index (χ2v) is 9.83. The number of anilines is 1. The molecule has 1 aromatic carbocycles. The van der Waals surface area contributed by atoms with Gasteiger partial charge in [-0.3, -0.25) is 19.2 Å². The fraction of sp³-hybridized carbons (Fsp3) is 0.440. The first-order valence-corrected chi connectivity index (χ1v) is 12.4. The molecule has 1 aliphatic carbocycles. The molecule has 174 valence electrons. The zero-order valence-corrected chi connectivity index (χ0v) is 20.5. The maximum atomic E-state index is 13.4. The Hall–Kier alpha value is -2.87. The number of carbonyl (C=O) groups excluding carboxylic acids is 2. The van der Waals surface area contributed by atoms with Gasteiger partial charge in [0.15, 0.2) is 5.17 Å². The Morgan fingerprint density at radius 2 is 1.97 bits per heavy atom. The van der Waals surface area contributed by atoms with Crippen molar-refractivity contribution in [3.05, 3.63) is 52.5 Å². The number of nitrogens with zero attached hydrogens (tertiary/aromatic N) is 4. The highest BCUT2D eigenvalue weighted by Gasteiger charge is 2.36. The summed E-state index contributed by atoms with van der Waals surface area (Å²) in [7, 11) is 1.86. The van der Waals surface area contributed by atoms with Crippen molar-refractivity contribution in [2.75, 3.05) is 11.1 Å². The molecule has 1 aromatic heterocycles. The van der Waals surface area contributed by atoms with E-state index in [9.17, 15) is 9.59 Å². The molecular weight excluding hydrogens is 434 g/mol. The fourth-order valence-electron chi connectivity index (χ4n) is 4.45. The molecule has 0 radical (unpaired) electrons. The van der Waals surface area contributed by atoms with Gasteiger partial charge in [-0.15, -0.1) is 0 Å². The lowest BCUT2D eigenvalue weighted by molar-refractivity contribution is -0.124. The Balaban J connectivity index is 1.52. The van der Waals surface area contributed by atoms with Gasteiger partial charge in [0.2, 0.25) is 5.91 Å². The molecule has 0 saturated heterocycles. The van der Waals surface area contributed by atoms with E-state index in [-0.39, 0.29) is 23.6 Å². The van der Waals surface area contributed by atoms with E-state index in [1.165, 1.54) is 18.2 Å². The number of benzene rings is 1. The van der Waals surface area contributed by atoms with Crippen LogP contribution in [-0.4, -0.2) is 43.5 Å². The number of aliphatic imine (C=N–C) groups is 1. The summed E-state index contributed by atoms with van der Waals surface area (Å²) in [5.41, 5.74) is 5.15. The summed E-state index contributed by atoms with van der Waals surface area (Å²) in [4.78, 5) is 32.5. The summed E-state index contributed by atoms with van der Waals surface area (Å²) in [5, 5.41) is 7.96. The maximum Gasteiger partial charge on any atom is 0.278 e. The van der Waals surface area contributed by atoms with Crippen LogP contribution in [0.2, 0.25) is 0 Å². The topological polar surface area (TPSA) is 79.6 Å². The van der Waals surface area contributed by atoms with Gasteiger partial charge in [0.1, 0.15) is 5.70 Å². The Morgan fingerprint density at radius 3 is 2.64 bits per heavy atom. The largest absolute Gasteiger partial charge is 0.325 e. The Morgan fingerprint density at radius 1 is 1.21 bits per heavy atom. The molecule has 0 spiro atoms. The van der Waals surface area contributed by atoms with Crippen molar-refractivity contribution >= 4 is 40.5 Å². The molecule has 1 fully saturated rings. The first kappa shape index (κ1) is 23.3. The lowest BCUT2D eigenvalue weighted by atomic mass is 9.94. The first-order chi connectivity index (χ1) is 15.8. The normalized spacial score (nSPS) is 18.2. The van der Waals surface area contributed by atoms with Crippen LogP contribution in [0.4, 0.5) is 5.69 Å². The van der Waals surface area contributed by atoms with Crippen molar-refractivity contribution in [1.29, 1.82) is 0 Å². The van der Waals surface area contributed by atoms with Crippen molar-refractivity contribution < 1.29 is 9.59 Å². The summed E-state index contributed by atoms with van der Waals surface area (Å²) >= 11 is 1.33. The smallest absolute Gasteiger partial charge is 0.278 e. The third-order valence-corrected chi connectivity index (χ3v) is 7.08. The third kappa shape index (κ3) is 5.38. The van der Waals surface area contributed by atoms with Crippen LogP contribution in [0.5, 0.6) is 0 Å². The van der Waals surface area contributed by atoms with Gasteiger partial charge in [0, 0.05) is 30.5 Å². The van der Waals surface area contributed by atoms with Crippen LogP contribution in [-0.2, 0) is 16.6 Å². The average Bonchev–Trinajstić information content (AvgIpc) is 3.27. The standard InChI is InChI=1S/C25H31N5O2S/c1-16-10-11-21(17(2)12-16)26-23(31)15-33-25-27-22(13-19-14-29(4)28-18(19)3)24(32)30(25)20-8-6-5-7-9-20/h10-14,20H,5-9,15H2,1-4H3,(H,26,31)/b22-13+. The molecule has 7 nitrogen and oxygen atoms in total. The van der Waals surface area contributed by atoms with E-state index in [2.05, 4.69) is 15.4 Å². The molecule has 8 heteroatoms. The van der Waals surface area contributed by atoms with E-state index >= 15 is 0 Å². The van der Waals surface area contributed by atoms with E-state index < -0.39 is 0 Å². The number of nitrogens with one attached hydrogen (secondary N) is 1. The van der Waals surface area contributed by atoms with Crippen molar-refractivity contribution in [2.24, 2.45) is 12.0 Å². The van der Waals surface area contributed by atoms with Gasteiger partial charge in [0.05, 0.1) is 11.4 Å². The van der Waals surface area contributed by atoms with Crippen LogP contribution in [0.1, 0.15) is 54.5 Å². The number of amides is 2. The number of thioether (sulfide) groups is 1. The van der Waals surface area contributed by atoms with E-state index in [4.69, 9.17) is 0 Å². The highest BCUT2D eigenvalue weighted by Crippen LogP contribution is 2.32. The summed E-state index contributed by atoms with van der Waals surface area (Å²) in [6.07, 6.45) is 9.07. The van der Waals surface area contributed by atoms with Gasteiger partial charge in [-0.05, 0) is 51.3 Å². The number of hydrogen-bond donors (Lipinski definition) is 1. The summed E-state index contributed by atoms with van der Waals surface area (Å²) < 4.78 is 1.73. The molecule has 1 saturated carbocycles. The van der Waals surface area contributed by atoms with Crippen LogP contribution in [0, 0.1) is 20.8 Å². The average molecular weight is 466 g/mol. The van der Waals surface area contributed by atoms with E-state index in [1.807, 2.05) is 63.2 Å². The zero-order valence-electron chi connectivity index (χ0n) is 19.7. The van der Waals surface area contributed by atoms with E-state index in [0.717, 1.165) is 53.8 Å². The summed E-state index contributed by atoms with van der Waals surface area (Å²) in [6.45, 7) is 5.93. The lowest BCUT2D eigenvalue weighted by Gasteiger charge is -2.31. The van der Waals surface area contributed by atoms with Gasteiger partial charge < -0.3 is 5.32 Å². The second-order valence-electron chi connectivity index (χ2n) is 8.89. The molecule has 0 unspecified atom stereocenters. The summed E-state index contributed by atoms with van der Waals surface area (Å²) in [5.74, 6) is 0.00986. The number of amidine groups is 1. The molecule has 0 atom stereocenters. The molecule has 2 heterocycles.